The lowest BCUT2D eigenvalue weighted by Gasteiger charge is -2.40. The van der Waals surface area contributed by atoms with Gasteiger partial charge in [-0.1, -0.05) is 18.5 Å². The van der Waals surface area contributed by atoms with E-state index in [1.807, 2.05) is 4.90 Å². The lowest BCUT2D eigenvalue weighted by Crippen LogP contribution is -2.51. The zero-order chi connectivity index (χ0) is 24.5. The zero-order valence-electron chi connectivity index (χ0n) is 19.5. The van der Waals surface area contributed by atoms with E-state index in [0.717, 1.165) is 12.8 Å². The second-order valence-corrected chi connectivity index (χ2v) is 9.35. The first-order valence-corrected chi connectivity index (χ1v) is 12.0. The number of amides is 1. The molecular formula is C26H25ClFN5O2. The third kappa shape index (κ3) is 4.71. The molecule has 0 bridgehead atoms. The van der Waals surface area contributed by atoms with Crippen LogP contribution in [0.4, 0.5) is 10.4 Å². The van der Waals surface area contributed by atoms with Crippen LogP contribution in [0, 0.1) is 18.7 Å². The number of piperidine rings is 1. The van der Waals surface area contributed by atoms with Gasteiger partial charge in [-0.2, -0.15) is 4.98 Å². The summed E-state index contributed by atoms with van der Waals surface area (Å²) >= 11 is 6.06. The van der Waals surface area contributed by atoms with Crippen LogP contribution in [0.1, 0.15) is 35.7 Å². The molecule has 2 aromatic heterocycles. The maximum Gasteiger partial charge on any atom is 0.295 e. The Balaban J connectivity index is 1.43. The molecule has 4 aromatic rings. The first-order valence-electron chi connectivity index (χ1n) is 11.6. The molecule has 0 radical (unpaired) electrons. The number of oxazole rings is 1. The monoisotopic (exact) mass is 493 g/mol. The topological polar surface area (TPSA) is 84.2 Å². The fourth-order valence-corrected chi connectivity index (χ4v) is 4.78. The fourth-order valence-electron chi connectivity index (χ4n) is 4.62. The van der Waals surface area contributed by atoms with E-state index in [4.69, 9.17) is 16.0 Å². The summed E-state index contributed by atoms with van der Waals surface area (Å²) in [6, 6.07) is 10.2. The molecule has 0 unspecified atom stereocenters. The highest BCUT2D eigenvalue weighted by molar-refractivity contribution is 6.31. The van der Waals surface area contributed by atoms with Crippen molar-refractivity contribution in [2.45, 2.75) is 32.7 Å². The van der Waals surface area contributed by atoms with Crippen LogP contribution in [-0.4, -0.2) is 44.9 Å². The van der Waals surface area contributed by atoms with Crippen molar-refractivity contribution in [3.63, 3.8) is 0 Å². The Morgan fingerprint density at radius 3 is 2.86 bits per heavy atom. The number of hydrogen-bond donors (Lipinski definition) is 1. The molecular weight excluding hydrogens is 469 g/mol. The quantitative estimate of drug-likeness (QED) is 0.381. The predicted molar refractivity (Wildman–Crippen MR) is 133 cm³/mol. The minimum atomic E-state index is -0.398. The van der Waals surface area contributed by atoms with Crippen molar-refractivity contribution >= 4 is 34.6 Å². The number of anilines is 1. The van der Waals surface area contributed by atoms with E-state index in [9.17, 15) is 9.18 Å². The van der Waals surface area contributed by atoms with Gasteiger partial charge in [0, 0.05) is 36.1 Å². The Kier molecular flexibility index (Phi) is 6.38. The number of halogens is 2. The number of rotatable bonds is 5. The van der Waals surface area contributed by atoms with Gasteiger partial charge in [-0.15, -0.1) is 0 Å². The molecule has 1 fully saturated rings. The summed E-state index contributed by atoms with van der Waals surface area (Å²) in [4.78, 5) is 28.7. The van der Waals surface area contributed by atoms with Gasteiger partial charge < -0.3 is 14.6 Å². The number of carbonyl (C=O) groups is 1. The zero-order valence-corrected chi connectivity index (χ0v) is 20.2. The van der Waals surface area contributed by atoms with Crippen molar-refractivity contribution in [3.8, 4) is 11.4 Å². The molecule has 1 saturated heterocycles. The van der Waals surface area contributed by atoms with Crippen molar-refractivity contribution in [1.82, 2.24) is 19.9 Å². The maximum absolute atomic E-state index is 14.5. The van der Waals surface area contributed by atoms with Crippen LogP contribution in [0.3, 0.4) is 0 Å². The predicted octanol–water partition coefficient (Wildman–Crippen LogP) is 5.74. The molecule has 1 aliphatic heterocycles. The molecule has 0 aliphatic carbocycles. The average Bonchev–Trinajstić information content (AvgIpc) is 3.26. The Morgan fingerprint density at radius 2 is 2.06 bits per heavy atom. The van der Waals surface area contributed by atoms with Crippen LogP contribution in [0.5, 0.6) is 0 Å². The summed E-state index contributed by atoms with van der Waals surface area (Å²) in [6.07, 6.45) is 5.05. The van der Waals surface area contributed by atoms with E-state index >= 15 is 0 Å². The Labute approximate surface area is 207 Å². The van der Waals surface area contributed by atoms with E-state index in [2.05, 4.69) is 27.2 Å². The Morgan fingerprint density at radius 1 is 1.26 bits per heavy atom. The molecule has 1 aliphatic rings. The van der Waals surface area contributed by atoms with E-state index < -0.39 is 5.82 Å². The largest absolute Gasteiger partial charge is 0.424 e. The number of fused-ring (bicyclic) bond motifs is 1. The molecule has 5 rings (SSSR count). The summed E-state index contributed by atoms with van der Waals surface area (Å²) in [5.74, 6) is 0.000146. The lowest BCUT2D eigenvalue weighted by molar-refractivity contribution is 0.0540. The van der Waals surface area contributed by atoms with E-state index in [-0.39, 0.29) is 17.9 Å². The van der Waals surface area contributed by atoms with Gasteiger partial charge in [0.15, 0.2) is 11.4 Å². The van der Waals surface area contributed by atoms with Gasteiger partial charge in [-0.05, 0) is 67.6 Å². The van der Waals surface area contributed by atoms with E-state index in [0.29, 0.717) is 57.7 Å². The standard InChI is InChI=1S/C26H25ClFN5O2/c1-15-5-3-10-33(22(15)14-31-26-32-21-12-17(27)6-7-23(21)35-26)25(34)19-11-16(2)20(28)13-18(19)24-29-8-4-9-30-24/h4,6-9,11-13,15,22H,3,5,10,14H2,1-2H3,(H,31,32)/t15-,22-/m1/s1. The van der Waals surface area contributed by atoms with Crippen molar-refractivity contribution in [2.75, 3.05) is 18.4 Å². The SMILES string of the molecule is Cc1cc(C(=O)N2CCC[C@@H](C)[C@H]2CNc2nc3cc(Cl)ccc3o2)c(-c2ncccn2)cc1F. The van der Waals surface area contributed by atoms with Gasteiger partial charge in [0.2, 0.25) is 0 Å². The van der Waals surface area contributed by atoms with E-state index in [1.54, 1.807) is 49.6 Å². The van der Waals surface area contributed by atoms with E-state index in [1.165, 1.54) is 6.07 Å². The van der Waals surface area contributed by atoms with Crippen molar-refractivity contribution in [3.05, 3.63) is 70.8 Å². The fraction of sp³-hybridized carbons (Fsp3) is 0.308. The molecule has 9 heteroatoms. The van der Waals surface area contributed by atoms with Gasteiger partial charge in [-0.3, -0.25) is 4.79 Å². The second kappa shape index (κ2) is 9.62. The Bertz CT molecular complexity index is 1380. The van der Waals surface area contributed by atoms with Gasteiger partial charge >= 0.3 is 0 Å². The molecule has 0 saturated carbocycles. The number of aryl methyl sites for hydroxylation is 1. The number of carbonyl (C=O) groups excluding carboxylic acids is 1. The summed E-state index contributed by atoms with van der Waals surface area (Å²) in [6.45, 7) is 4.85. The first-order chi connectivity index (χ1) is 16.9. The van der Waals surface area contributed by atoms with Crippen molar-refractivity contribution in [2.24, 2.45) is 5.92 Å². The van der Waals surface area contributed by atoms with Crippen LogP contribution in [0.15, 0.2) is 53.2 Å². The number of aromatic nitrogens is 3. The third-order valence-electron chi connectivity index (χ3n) is 6.52. The number of likely N-dealkylation sites (tertiary alicyclic amines) is 1. The minimum absolute atomic E-state index is 0.107. The highest BCUT2D eigenvalue weighted by atomic mass is 35.5. The van der Waals surface area contributed by atoms with Gasteiger partial charge in [0.25, 0.3) is 11.9 Å². The number of benzene rings is 2. The van der Waals surface area contributed by atoms with Crippen LogP contribution in [-0.2, 0) is 0 Å². The molecule has 7 nitrogen and oxygen atoms in total. The second-order valence-electron chi connectivity index (χ2n) is 8.92. The van der Waals surface area contributed by atoms with Crippen LogP contribution >= 0.6 is 11.6 Å². The molecule has 2 aromatic carbocycles. The molecule has 2 atom stereocenters. The van der Waals surface area contributed by atoms with Gasteiger partial charge in [-0.25, -0.2) is 14.4 Å². The summed E-state index contributed by atoms with van der Waals surface area (Å²) in [5.41, 5.74) is 2.48. The van der Waals surface area contributed by atoms with Gasteiger partial charge in [0.05, 0.1) is 11.6 Å². The molecule has 180 valence electrons. The highest BCUT2D eigenvalue weighted by Gasteiger charge is 2.34. The lowest BCUT2D eigenvalue weighted by atomic mass is 9.89. The smallest absolute Gasteiger partial charge is 0.295 e. The normalized spacial score (nSPS) is 18.1. The summed E-state index contributed by atoms with van der Waals surface area (Å²) in [7, 11) is 0. The number of hydrogen-bond acceptors (Lipinski definition) is 6. The van der Waals surface area contributed by atoms with Crippen molar-refractivity contribution < 1.29 is 13.6 Å². The minimum Gasteiger partial charge on any atom is -0.424 e. The Hall–Kier alpha value is -3.52. The highest BCUT2D eigenvalue weighted by Crippen LogP contribution is 2.30. The van der Waals surface area contributed by atoms with Gasteiger partial charge in [0.1, 0.15) is 11.3 Å². The molecule has 0 spiro atoms. The van der Waals surface area contributed by atoms with Crippen LogP contribution in [0.2, 0.25) is 5.02 Å². The molecule has 3 heterocycles. The van der Waals surface area contributed by atoms with Crippen molar-refractivity contribution in [1.29, 1.82) is 0 Å². The summed E-state index contributed by atoms with van der Waals surface area (Å²) in [5, 5.41) is 3.84. The average molecular weight is 494 g/mol. The van der Waals surface area contributed by atoms with Crippen LogP contribution < -0.4 is 5.32 Å². The molecule has 1 amide bonds. The number of nitrogens with zero attached hydrogens (tertiary/aromatic N) is 4. The maximum atomic E-state index is 14.5. The third-order valence-corrected chi connectivity index (χ3v) is 6.76. The first kappa shape index (κ1) is 23.2. The van der Waals surface area contributed by atoms with Crippen LogP contribution in [0.25, 0.3) is 22.5 Å². The summed E-state index contributed by atoms with van der Waals surface area (Å²) < 4.78 is 20.3. The molecule has 1 N–H and O–H groups in total. The number of nitrogens with one attached hydrogen (secondary N) is 1. The molecule has 35 heavy (non-hydrogen) atoms.